The molecule has 1 N–H and O–H groups in total. The van der Waals surface area contributed by atoms with Crippen LogP contribution in [0.2, 0.25) is 0 Å². The number of amides is 2. The molecule has 4 rings (SSSR count). The summed E-state index contributed by atoms with van der Waals surface area (Å²) in [5, 5.41) is 9.25. The maximum absolute atomic E-state index is 13.1. The third-order valence-corrected chi connectivity index (χ3v) is 7.92. The minimum absolute atomic E-state index is 0.0353. The summed E-state index contributed by atoms with van der Waals surface area (Å²) < 4.78 is 31.7. The van der Waals surface area contributed by atoms with E-state index in [0.29, 0.717) is 6.54 Å². The standard InChI is InChI=1S/C19H27N3O2S.C2HF3O2/c1-15(23)22-13-18(19(14-22)7-8-20(2)17(19)24)5-9-21(10-6-18)12-16-4-3-11-25-16;3-2(4,5)1(6)7/h3-4,11H,5-10,12-14H2,1-2H3;(H,6,7). The lowest BCUT2D eigenvalue weighted by Gasteiger charge is -2.46. The molecular formula is C21H28F3N3O4S. The van der Waals surface area contributed by atoms with Crippen molar-refractivity contribution in [3.8, 4) is 0 Å². The van der Waals surface area contributed by atoms with Gasteiger partial charge in [-0.2, -0.15) is 13.2 Å². The molecule has 2 amide bonds. The van der Waals surface area contributed by atoms with E-state index in [-0.39, 0.29) is 22.6 Å². The second-order valence-electron chi connectivity index (χ2n) is 8.87. The Hall–Kier alpha value is -2.14. The Labute approximate surface area is 188 Å². The number of hydrogen-bond donors (Lipinski definition) is 1. The molecule has 11 heteroatoms. The lowest BCUT2D eigenvalue weighted by Crippen LogP contribution is -2.52. The Balaban J connectivity index is 0.000000360. The number of thiophene rings is 1. The molecule has 2 spiro atoms. The van der Waals surface area contributed by atoms with E-state index < -0.39 is 12.1 Å². The topological polar surface area (TPSA) is 81.2 Å². The molecule has 4 heterocycles. The Morgan fingerprint density at radius 1 is 1.16 bits per heavy atom. The normalized spacial score (nSPS) is 25.3. The quantitative estimate of drug-likeness (QED) is 0.712. The molecule has 0 aliphatic carbocycles. The van der Waals surface area contributed by atoms with Crippen molar-refractivity contribution in [2.24, 2.45) is 10.8 Å². The molecule has 1 unspecified atom stereocenters. The van der Waals surface area contributed by atoms with Crippen molar-refractivity contribution in [3.63, 3.8) is 0 Å². The van der Waals surface area contributed by atoms with Crippen LogP contribution < -0.4 is 0 Å². The number of fused-ring (bicyclic) bond motifs is 1. The van der Waals surface area contributed by atoms with E-state index in [1.165, 1.54) is 4.88 Å². The van der Waals surface area contributed by atoms with Gasteiger partial charge in [0.25, 0.3) is 0 Å². The molecule has 178 valence electrons. The van der Waals surface area contributed by atoms with Crippen LogP contribution in [0, 0.1) is 10.8 Å². The number of carboxylic acid groups (broad SMARTS) is 1. The van der Waals surface area contributed by atoms with Crippen LogP contribution in [0.3, 0.4) is 0 Å². The van der Waals surface area contributed by atoms with Crippen LogP contribution in [0.1, 0.15) is 31.1 Å². The fraction of sp³-hybridized carbons (Fsp3) is 0.667. The van der Waals surface area contributed by atoms with Gasteiger partial charge in [-0.3, -0.25) is 14.5 Å². The average molecular weight is 476 g/mol. The third-order valence-electron chi connectivity index (χ3n) is 7.06. The molecule has 3 aliphatic rings. The smallest absolute Gasteiger partial charge is 0.475 e. The highest BCUT2D eigenvalue weighted by Gasteiger charge is 2.65. The summed E-state index contributed by atoms with van der Waals surface area (Å²) in [6.07, 6.45) is -2.15. The number of likely N-dealkylation sites (tertiary alicyclic amines) is 3. The molecule has 0 aromatic carbocycles. The summed E-state index contributed by atoms with van der Waals surface area (Å²) in [6, 6.07) is 4.30. The van der Waals surface area contributed by atoms with Crippen molar-refractivity contribution in [1.82, 2.24) is 14.7 Å². The maximum Gasteiger partial charge on any atom is 0.490 e. The van der Waals surface area contributed by atoms with Gasteiger partial charge >= 0.3 is 12.1 Å². The van der Waals surface area contributed by atoms with E-state index in [0.717, 1.165) is 52.0 Å². The Bertz CT molecular complexity index is 853. The average Bonchev–Trinajstić information content (AvgIpc) is 3.41. The number of aliphatic carboxylic acids is 1. The van der Waals surface area contributed by atoms with Gasteiger partial charge < -0.3 is 14.9 Å². The zero-order valence-electron chi connectivity index (χ0n) is 18.2. The predicted octanol–water partition coefficient (Wildman–Crippen LogP) is 2.67. The molecule has 1 atom stereocenters. The minimum Gasteiger partial charge on any atom is -0.475 e. The van der Waals surface area contributed by atoms with E-state index in [9.17, 15) is 22.8 Å². The van der Waals surface area contributed by atoms with Crippen LogP contribution >= 0.6 is 11.3 Å². The van der Waals surface area contributed by atoms with Crippen molar-refractivity contribution < 1.29 is 32.7 Å². The van der Waals surface area contributed by atoms with E-state index in [1.807, 2.05) is 28.2 Å². The van der Waals surface area contributed by atoms with E-state index in [2.05, 4.69) is 22.4 Å². The monoisotopic (exact) mass is 475 g/mol. The van der Waals surface area contributed by atoms with Gasteiger partial charge in [0.15, 0.2) is 0 Å². The van der Waals surface area contributed by atoms with Crippen LogP contribution in [-0.2, 0) is 20.9 Å². The Kier molecular flexibility index (Phi) is 6.90. The Morgan fingerprint density at radius 2 is 1.78 bits per heavy atom. The number of rotatable bonds is 2. The minimum atomic E-state index is -5.08. The van der Waals surface area contributed by atoms with Crippen molar-refractivity contribution in [2.45, 2.75) is 38.9 Å². The number of hydrogen-bond acceptors (Lipinski definition) is 5. The SMILES string of the molecule is CC(=O)N1CC2(CCN(Cc3cccs3)CC2)C2(CCN(C)C2=O)C1.O=C(O)C(F)(F)F. The van der Waals surface area contributed by atoms with Gasteiger partial charge in [0.1, 0.15) is 0 Å². The van der Waals surface area contributed by atoms with Gasteiger partial charge in [-0.25, -0.2) is 4.79 Å². The molecule has 0 bridgehead atoms. The molecule has 1 aromatic rings. The number of alkyl halides is 3. The first kappa shape index (κ1) is 24.5. The molecule has 32 heavy (non-hydrogen) atoms. The van der Waals surface area contributed by atoms with Crippen LogP contribution in [0.25, 0.3) is 0 Å². The highest BCUT2D eigenvalue weighted by atomic mass is 32.1. The zero-order chi connectivity index (χ0) is 23.7. The molecule has 0 saturated carbocycles. The Morgan fingerprint density at radius 3 is 2.22 bits per heavy atom. The highest BCUT2D eigenvalue weighted by molar-refractivity contribution is 7.09. The van der Waals surface area contributed by atoms with Crippen molar-refractivity contribution in [1.29, 1.82) is 0 Å². The molecule has 3 aliphatic heterocycles. The summed E-state index contributed by atoms with van der Waals surface area (Å²) in [4.78, 5) is 41.8. The van der Waals surface area contributed by atoms with Crippen LogP contribution in [0.4, 0.5) is 13.2 Å². The zero-order valence-corrected chi connectivity index (χ0v) is 19.0. The first-order valence-electron chi connectivity index (χ1n) is 10.5. The summed E-state index contributed by atoms with van der Waals surface area (Å²) in [7, 11) is 1.91. The fourth-order valence-electron chi connectivity index (χ4n) is 5.26. The highest BCUT2D eigenvalue weighted by Crippen LogP contribution is 2.57. The summed E-state index contributed by atoms with van der Waals surface area (Å²) in [5.41, 5.74) is -0.380. The summed E-state index contributed by atoms with van der Waals surface area (Å²) >= 11 is 1.81. The van der Waals surface area contributed by atoms with Crippen molar-refractivity contribution in [3.05, 3.63) is 22.4 Å². The number of carbonyl (C=O) groups excluding carboxylic acids is 2. The van der Waals surface area contributed by atoms with Gasteiger partial charge in [0.2, 0.25) is 11.8 Å². The van der Waals surface area contributed by atoms with Gasteiger partial charge in [0, 0.05) is 50.4 Å². The fourth-order valence-corrected chi connectivity index (χ4v) is 6.00. The summed E-state index contributed by atoms with van der Waals surface area (Å²) in [6.45, 7) is 6.88. The number of halogens is 3. The summed E-state index contributed by atoms with van der Waals surface area (Å²) in [5.74, 6) is -2.38. The number of nitrogens with zero attached hydrogens (tertiary/aromatic N) is 3. The largest absolute Gasteiger partial charge is 0.490 e. The van der Waals surface area contributed by atoms with Crippen molar-refractivity contribution >= 4 is 29.1 Å². The van der Waals surface area contributed by atoms with Gasteiger partial charge in [-0.15, -0.1) is 11.3 Å². The second kappa shape index (κ2) is 9.01. The third kappa shape index (κ3) is 4.63. The number of piperidine rings is 1. The van der Waals surface area contributed by atoms with Gasteiger partial charge in [0.05, 0.1) is 5.41 Å². The van der Waals surface area contributed by atoms with Gasteiger partial charge in [-0.05, 0) is 43.8 Å². The first-order valence-corrected chi connectivity index (χ1v) is 11.3. The molecule has 1 aromatic heterocycles. The van der Waals surface area contributed by atoms with E-state index in [4.69, 9.17) is 9.90 Å². The predicted molar refractivity (Wildman–Crippen MR) is 112 cm³/mol. The second-order valence-corrected chi connectivity index (χ2v) is 9.90. The number of carbonyl (C=O) groups is 3. The molecule has 3 fully saturated rings. The van der Waals surface area contributed by atoms with Gasteiger partial charge in [-0.1, -0.05) is 6.07 Å². The van der Waals surface area contributed by atoms with Crippen LogP contribution in [0.5, 0.6) is 0 Å². The van der Waals surface area contributed by atoms with Crippen LogP contribution in [0.15, 0.2) is 17.5 Å². The van der Waals surface area contributed by atoms with E-state index >= 15 is 0 Å². The van der Waals surface area contributed by atoms with Crippen molar-refractivity contribution in [2.75, 3.05) is 39.8 Å². The molecule has 3 saturated heterocycles. The number of carboxylic acids is 1. The lowest BCUT2D eigenvalue weighted by atomic mass is 9.60. The first-order chi connectivity index (χ1) is 14.9. The molecular weight excluding hydrogens is 447 g/mol. The van der Waals surface area contributed by atoms with E-state index in [1.54, 1.807) is 6.92 Å². The van der Waals surface area contributed by atoms with Crippen LogP contribution in [-0.4, -0.2) is 83.5 Å². The molecule has 7 nitrogen and oxygen atoms in total. The molecule has 0 radical (unpaired) electrons. The maximum atomic E-state index is 13.1. The lowest BCUT2D eigenvalue weighted by molar-refractivity contribution is -0.192.